The molecular weight excluding hydrogens is 262 g/mol. The van der Waals surface area contributed by atoms with Gasteiger partial charge in [-0.1, -0.05) is 53.7 Å². The quantitative estimate of drug-likeness (QED) is 0.690. The van der Waals surface area contributed by atoms with Crippen LogP contribution < -0.4 is 0 Å². The first-order chi connectivity index (χ1) is 7.77. The smallest absolute Gasteiger partial charge is 0.0822 e. The molecule has 0 N–H and O–H groups in total. The van der Waals surface area contributed by atoms with Crippen molar-refractivity contribution < 1.29 is 0 Å². The summed E-state index contributed by atoms with van der Waals surface area (Å²) in [4.78, 5) is 0. The molecule has 0 aromatic heterocycles. The van der Waals surface area contributed by atoms with E-state index in [4.69, 9.17) is 0 Å². The molecule has 16 heavy (non-hydrogen) atoms. The molecule has 84 valence electrons. The van der Waals surface area contributed by atoms with Crippen LogP contribution in [0.4, 0.5) is 0 Å². The zero-order chi connectivity index (χ0) is 11.4. The molecule has 1 fully saturated rings. The third-order valence-corrected chi connectivity index (χ3v) is 4.10. The Hall–Kier alpha value is -0.810. The number of benzene rings is 1. The number of nitrogens with zero attached hydrogens (tertiary/aromatic N) is 1. The first-order valence-electron chi connectivity index (χ1n) is 5.94. The van der Waals surface area contributed by atoms with Gasteiger partial charge in [0.15, 0.2) is 0 Å². The maximum atomic E-state index is 9.53. The summed E-state index contributed by atoms with van der Waals surface area (Å²) in [6.07, 6.45) is 6.96. The molecule has 0 bridgehead atoms. The van der Waals surface area contributed by atoms with Gasteiger partial charge >= 0.3 is 0 Å². The standard InChI is InChI=1S/C14H16BrN/c15-13-7-5-12(6-8-13)14(11-16)9-3-1-2-4-10-14/h5-8H,1-4,9-10H2. The molecule has 0 unspecified atom stereocenters. The lowest BCUT2D eigenvalue weighted by Crippen LogP contribution is -2.22. The zero-order valence-electron chi connectivity index (χ0n) is 9.38. The predicted octanol–water partition coefficient (Wildman–Crippen LogP) is 4.56. The summed E-state index contributed by atoms with van der Waals surface area (Å²) in [6.45, 7) is 0. The minimum absolute atomic E-state index is 0.225. The normalized spacial score (nSPS) is 19.8. The maximum Gasteiger partial charge on any atom is 0.0822 e. The Morgan fingerprint density at radius 1 is 1.00 bits per heavy atom. The molecule has 2 heteroatoms. The SMILES string of the molecule is N#CC1(c2ccc(Br)cc2)CCCCCC1. The van der Waals surface area contributed by atoms with Gasteiger partial charge in [-0.15, -0.1) is 0 Å². The summed E-state index contributed by atoms with van der Waals surface area (Å²) in [6, 6.07) is 10.9. The lowest BCUT2D eigenvalue weighted by Gasteiger charge is -2.25. The Kier molecular flexibility index (Phi) is 3.66. The van der Waals surface area contributed by atoms with E-state index in [0.29, 0.717) is 0 Å². The van der Waals surface area contributed by atoms with Gasteiger partial charge < -0.3 is 0 Å². The summed E-state index contributed by atoms with van der Waals surface area (Å²) in [7, 11) is 0. The van der Waals surface area contributed by atoms with Crippen molar-refractivity contribution in [3.63, 3.8) is 0 Å². The van der Waals surface area contributed by atoms with E-state index >= 15 is 0 Å². The minimum Gasteiger partial charge on any atom is -0.197 e. The second-order valence-corrected chi connectivity index (χ2v) is 5.53. The molecule has 1 saturated carbocycles. The van der Waals surface area contributed by atoms with Crippen molar-refractivity contribution in [2.24, 2.45) is 0 Å². The molecule has 1 aromatic carbocycles. The van der Waals surface area contributed by atoms with E-state index in [1.807, 2.05) is 12.1 Å². The highest BCUT2D eigenvalue weighted by atomic mass is 79.9. The van der Waals surface area contributed by atoms with Crippen molar-refractivity contribution in [2.75, 3.05) is 0 Å². The lowest BCUT2D eigenvalue weighted by atomic mass is 9.76. The average molecular weight is 278 g/mol. The Labute approximate surface area is 106 Å². The van der Waals surface area contributed by atoms with E-state index < -0.39 is 0 Å². The van der Waals surface area contributed by atoms with Gasteiger partial charge in [0.05, 0.1) is 11.5 Å². The lowest BCUT2D eigenvalue weighted by molar-refractivity contribution is 0.475. The Balaban J connectivity index is 2.33. The highest BCUT2D eigenvalue weighted by Gasteiger charge is 2.32. The molecule has 1 aliphatic rings. The Morgan fingerprint density at radius 2 is 1.56 bits per heavy atom. The number of rotatable bonds is 1. The van der Waals surface area contributed by atoms with Crippen LogP contribution in [0.1, 0.15) is 44.1 Å². The van der Waals surface area contributed by atoms with Crippen molar-refractivity contribution in [3.05, 3.63) is 34.3 Å². The second kappa shape index (κ2) is 5.01. The van der Waals surface area contributed by atoms with Crippen LogP contribution in [0.5, 0.6) is 0 Å². The molecule has 0 spiro atoms. The molecule has 0 heterocycles. The van der Waals surface area contributed by atoms with Gasteiger partial charge in [-0.05, 0) is 30.5 Å². The zero-order valence-corrected chi connectivity index (χ0v) is 11.0. The number of hydrogen-bond acceptors (Lipinski definition) is 1. The summed E-state index contributed by atoms with van der Waals surface area (Å²) >= 11 is 3.44. The predicted molar refractivity (Wildman–Crippen MR) is 69.1 cm³/mol. The first kappa shape index (κ1) is 11.7. The highest BCUT2D eigenvalue weighted by molar-refractivity contribution is 9.10. The fourth-order valence-electron chi connectivity index (χ4n) is 2.57. The van der Waals surface area contributed by atoms with Crippen molar-refractivity contribution >= 4 is 15.9 Å². The van der Waals surface area contributed by atoms with E-state index in [2.05, 4.69) is 34.1 Å². The van der Waals surface area contributed by atoms with Gasteiger partial charge in [0.1, 0.15) is 0 Å². The second-order valence-electron chi connectivity index (χ2n) is 4.62. The Morgan fingerprint density at radius 3 is 2.06 bits per heavy atom. The van der Waals surface area contributed by atoms with Crippen LogP contribution in [0.15, 0.2) is 28.7 Å². The van der Waals surface area contributed by atoms with Crippen LogP contribution in [0.25, 0.3) is 0 Å². The molecule has 0 saturated heterocycles. The molecule has 1 aliphatic carbocycles. The van der Waals surface area contributed by atoms with Gasteiger partial charge in [0.25, 0.3) is 0 Å². The Bertz CT molecular complexity index is 380. The van der Waals surface area contributed by atoms with Gasteiger partial charge in [-0.3, -0.25) is 0 Å². The summed E-state index contributed by atoms with van der Waals surface area (Å²) in [5, 5.41) is 9.53. The third kappa shape index (κ3) is 2.30. The molecule has 1 nitrogen and oxygen atoms in total. The van der Waals surface area contributed by atoms with E-state index in [1.54, 1.807) is 0 Å². The van der Waals surface area contributed by atoms with Crippen LogP contribution in [-0.2, 0) is 5.41 Å². The van der Waals surface area contributed by atoms with Crippen LogP contribution in [0.3, 0.4) is 0 Å². The van der Waals surface area contributed by atoms with Crippen molar-refractivity contribution in [2.45, 2.75) is 43.9 Å². The molecule has 0 amide bonds. The maximum absolute atomic E-state index is 9.53. The van der Waals surface area contributed by atoms with E-state index in [1.165, 1.54) is 31.2 Å². The fraction of sp³-hybridized carbons (Fsp3) is 0.500. The average Bonchev–Trinajstić information content (AvgIpc) is 2.56. The number of hydrogen-bond donors (Lipinski definition) is 0. The topological polar surface area (TPSA) is 23.8 Å². The van der Waals surface area contributed by atoms with Gasteiger partial charge in [-0.2, -0.15) is 5.26 Å². The van der Waals surface area contributed by atoms with Gasteiger partial charge in [0, 0.05) is 4.47 Å². The molecule has 2 rings (SSSR count). The van der Waals surface area contributed by atoms with E-state index in [-0.39, 0.29) is 5.41 Å². The van der Waals surface area contributed by atoms with E-state index in [0.717, 1.165) is 17.3 Å². The van der Waals surface area contributed by atoms with Crippen molar-refractivity contribution in [1.29, 1.82) is 5.26 Å². The largest absolute Gasteiger partial charge is 0.197 e. The first-order valence-corrected chi connectivity index (χ1v) is 6.73. The van der Waals surface area contributed by atoms with Crippen LogP contribution >= 0.6 is 15.9 Å². The number of nitriles is 1. The summed E-state index contributed by atoms with van der Waals surface area (Å²) in [5.41, 5.74) is 0.970. The fourth-order valence-corrected chi connectivity index (χ4v) is 2.83. The van der Waals surface area contributed by atoms with E-state index in [9.17, 15) is 5.26 Å². The highest BCUT2D eigenvalue weighted by Crippen LogP contribution is 2.38. The van der Waals surface area contributed by atoms with Crippen molar-refractivity contribution in [3.8, 4) is 6.07 Å². The molecule has 0 radical (unpaired) electrons. The minimum atomic E-state index is -0.225. The van der Waals surface area contributed by atoms with Gasteiger partial charge in [0.2, 0.25) is 0 Å². The monoisotopic (exact) mass is 277 g/mol. The molecule has 0 atom stereocenters. The van der Waals surface area contributed by atoms with Crippen LogP contribution in [0, 0.1) is 11.3 Å². The third-order valence-electron chi connectivity index (χ3n) is 3.57. The summed E-state index contributed by atoms with van der Waals surface area (Å²) < 4.78 is 1.08. The molecular formula is C14H16BrN. The molecule has 0 aliphatic heterocycles. The van der Waals surface area contributed by atoms with Crippen LogP contribution in [0.2, 0.25) is 0 Å². The molecule has 1 aromatic rings. The summed E-state index contributed by atoms with van der Waals surface area (Å²) in [5.74, 6) is 0. The van der Waals surface area contributed by atoms with Crippen LogP contribution in [-0.4, -0.2) is 0 Å². The van der Waals surface area contributed by atoms with Crippen molar-refractivity contribution in [1.82, 2.24) is 0 Å². The van der Waals surface area contributed by atoms with Gasteiger partial charge in [-0.25, -0.2) is 0 Å². The number of halogens is 1.